The van der Waals surface area contributed by atoms with Gasteiger partial charge in [-0.05, 0) is 56.2 Å². The Balaban J connectivity index is 1.54. The summed E-state index contributed by atoms with van der Waals surface area (Å²) in [5.74, 6) is 0.159. The van der Waals surface area contributed by atoms with Crippen LogP contribution in [0.1, 0.15) is 42.9 Å². The fourth-order valence-corrected chi connectivity index (χ4v) is 5.82. The topological polar surface area (TPSA) is 122 Å². The number of H-pyrrole nitrogens is 1. The summed E-state index contributed by atoms with van der Waals surface area (Å²) in [6, 6.07) is 22.9. The summed E-state index contributed by atoms with van der Waals surface area (Å²) in [5.41, 5.74) is 3.02. The lowest BCUT2D eigenvalue weighted by molar-refractivity contribution is 0.0943. The number of aromatic nitrogens is 4. The van der Waals surface area contributed by atoms with Crippen LogP contribution < -0.4 is 21.6 Å². The van der Waals surface area contributed by atoms with Gasteiger partial charge in [-0.2, -0.15) is 0 Å². The largest absolute Gasteiger partial charge is 0.361 e. The molecule has 3 aromatic carbocycles. The van der Waals surface area contributed by atoms with Gasteiger partial charge in [0.2, 0.25) is 0 Å². The van der Waals surface area contributed by atoms with Crippen LogP contribution in [-0.2, 0) is 0 Å². The maximum Gasteiger partial charge on any atom is 0.263 e. The fraction of sp³-hybridized carbons (Fsp3) is 0.147. The van der Waals surface area contributed by atoms with Gasteiger partial charge >= 0.3 is 0 Å². The van der Waals surface area contributed by atoms with Crippen LogP contribution in [0.2, 0.25) is 5.02 Å². The predicted octanol–water partition coefficient (Wildman–Crippen LogP) is 6.25. The molecule has 3 N–H and O–H groups in total. The van der Waals surface area contributed by atoms with Crippen molar-refractivity contribution < 1.29 is 4.79 Å². The van der Waals surface area contributed by atoms with Gasteiger partial charge in [-0.25, -0.2) is 9.97 Å². The molecule has 1 amide bonds. The highest BCUT2D eigenvalue weighted by Crippen LogP contribution is 2.36. The second kappa shape index (κ2) is 11.8. The number of nitrogens with one attached hydrogen (secondary N) is 3. The number of halogens is 1. The molecule has 0 spiro atoms. The first-order chi connectivity index (χ1) is 21.2. The van der Waals surface area contributed by atoms with E-state index >= 15 is 0 Å². The minimum atomic E-state index is -0.556. The number of benzene rings is 3. The lowest BCUT2D eigenvalue weighted by atomic mass is 9.96. The van der Waals surface area contributed by atoms with Crippen molar-refractivity contribution in [3.63, 3.8) is 0 Å². The van der Waals surface area contributed by atoms with E-state index in [2.05, 4.69) is 25.6 Å². The number of anilines is 1. The molecule has 3 aromatic heterocycles. The van der Waals surface area contributed by atoms with E-state index in [-0.39, 0.29) is 22.9 Å². The number of hydrogen-bond acceptors (Lipinski definition) is 6. The zero-order valence-electron chi connectivity index (χ0n) is 24.3. The summed E-state index contributed by atoms with van der Waals surface area (Å²) in [7, 11) is 0. The summed E-state index contributed by atoms with van der Waals surface area (Å²) in [5, 5.41) is 7.91. The number of amides is 1. The van der Waals surface area contributed by atoms with Crippen LogP contribution in [0, 0.1) is 0 Å². The standard InChI is InChI=1S/C34H29ClN6O3/c1-19(2)39-33(43)22-14-12-21(13-15-22)24-10-7-11-25-27(24)34(44)41(23-8-5-4-6-9-23)30(29(25)35)20(3)40-32-28-26(42)16-17-36-31(28)37-18-38-32/h4-20H,1-3H3,(H,39,43)(H2,36,37,38,40,42)/t20-/m0/s1. The monoisotopic (exact) mass is 604 g/mol. The molecule has 10 heteroatoms. The summed E-state index contributed by atoms with van der Waals surface area (Å²) in [6.07, 6.45) is 2.90. The van der Waals surface area contributed by atoms with Gasteiger partial charge in [0, 0.05) is 34.9 Å². The normalized spacial score (nSPS) is 12.0. The highest BCUT2D eigenvalue weighted by atomic mass is 35.5. The Morgan fingerprint density at radius 3 is 2.36 bits per heavy atom. The summed E-state index contributed by atoms with van der Waals surface area (Å²) < 4.78 is 1.60. The average Bonchev–Trinajstić information content (AvgIpc) is 3.02. The number of hydrogen-bond donors (Lipinski definition) is 3. The third-order valence-electron chi connectivity index (χ3n) is 7.39. The first kappa shape index (κ1) is 28.8. The van der Waals surface area contributed by atoms with Crippen molar-refractivity contribution in [1.29, 1.82) is 0 Å². The smallest absolute Gasteiger partial charge is 0.263 e. The highest BCUT2D eigenvalue weighted by Gasteiger charge is 2.24. The molecule has 0 saturated heterocycles. The van der Waals surface area contributed by atoms with Crippen LogP contribution in [0.15, 0.2) is 101 Å². The zero-order valence-corrected chi connectivity index (χ0v) is 25.0. The number of aromatic amines is 1. The van der Waals surface area contributed by atoms with E-state index in [0.717, 1.165) is 5.56 Å². The van der Waals surface area contributed by atoms with Crippen molar-refractivity contribution in [3.05, 3.63) is 128 Å². The van der Waals surface area contributed by atoms with E-state index in [0.29, 0.717) is 55.2 Å². The van der Waals surface area contributed by atoms with E-state index < -0.39 is 6.04 Å². The minimum Gasteiger partial charge on any atom is -0.361 e. The molecule has 0 bridgehead atoms. The van der Waals surface area contributed by atoms with E-state index in [1.54, 1.807) is 16.7 Å². The molecule has 1 atom stereocenters. The molecule has 0 radical (unpaired) electrons. The molecular formula is C34H29ClN6O3. The summed E-state index contributed by atoms with van der Waals surface area (Å²) >= 11 is 7.20. The van der Waals surface area contributed by atoms with Gasteiger partial charge in [-0.1, -0.05) is 60.1 Å². The number of carbonyl (C=O) groups excluding carboxylic acids is 1. The molecule has 0 aliphatic heterocycles. The van der Waals surface area contributed by atoms with Gasteiger partial charge in [0.05, 0.1) is 22.1 Å². The van der Waals surface area contributed by atoms with Crippen LogP contribution >= 0.6 is 11.6 Å². The maximum absolute atomic E-state index is 14.5. The molecule has 3 heterocycles. The van der Waals surface area contributed by atoms with Crippen LogP contribution in [0.5, 0.6) is 0 Å². The lowest BCUT2D eigenvalue weighted by Gasteiger charge is -2.24. The van der Waals surface area contributed by atoms with E-state index in [9.17, 15) is 14.4 Å². The lowest BCUT2D eigenvalue weighted by Crippen LogP contribution is -2.29. The van der Waals surface area contributed by atoms with Crippen LogP contribution in [0.3, 0.4) is 0 Å². The summed E-state index contributed by atoms with van der Waals surface area (Å²) in [6.45, 7) is 5.68. The zero-order chi connectivity index (χ0) is 31.0. The second-order valence-electron chi connectivity index (χ2n) is 10.8. The quantitative estimate of drug-likeness (QED) is 0.198. The molecule has 0 aliphatic rings. The van der Waals surface area contributed by atoms with Crippen molar-refractivity contribution >= 4 is 45.1 Å². The second-order valence-corrected chi connectivity index (χ2v) is 11.1. The number of fused-ring (bicyclic) bond motifs is 2. The Labute approximate surface area is 257 Å². The Kier molecular flexibility index (Phi) is 7.71. The van der Waals surface area contributed by atoms with Gasteiger partial charge in [0.25, 0.3) is 11.5 Å². The third-order valence-corrected chi connectivity index (χ3v) is 7.78. The molecule has 6 aromatic rings. The van der Waals surface area contributed by atoms with E-state index in [1.165, 1.54) is 18.6 Å². The third kappa shape index (κ3) is 5.22. The van der Waals surface area contributed by atoms with Gasteiger partial charge in [0.15, 0.2) is 5.43 Å². The SMILES string of the molecule is CC(C)NC(=O)c1ccc(-c2cccc3c(Cl)c([C@H](C)Nc4ncnc5[nH]ccc(=O)c45)n(-c4ccccc4)c(=O)c23)cc1. The van der Waals surface area contributed by atoms with Crippen molar-refractivity contribution in [2.45, 2.75) is 32.9 Å². The fourth-order valence-electron chi connectivity index (χ4n) is 5.42. The van der Waals surface area contributed by atoms with Crippen molar-refractivity contribution in [2.75, 3.05) is 5.32 Å². The number of rotatable bonds is 7. The Morgan fingerprint density at radius 1 is 0.886 bits per heavy atom. The summed E-state index contributed by atoms with van der Waals surface area (Å²) in [4.78, 5) is 51.3. The number of nitrogens with zero attached hydrogens (tertiary/aromatic N) is 3. The number of carbonyl (C=O) groups is 1. The van der Waals surface area contributed by atoms with Gasteiger partial charge in [-0.15, -0.1) is 0 Å². The molecular weight excluding hydrogens is 576 g/mol. The molecule has 0 aliphatic carbocycles. The Morgan fingerprint density at radius 2 is 1.64 bits per heavy atom. The van der Waals surface area contributed by atoms with Crippen LogP contribution in [-0.4, -0.2) is 31.5 Å². The first-order valence-corrected chi connectivity index (χ1v) is 14.5. The molecule has 0 unspecified atom stereocenters. The first-order valence-electron chi connectivity index (χ1n) is 14.2. The van der Waals surface area contributed by atoms with Gasteiger partial charge in [-0.3, -0.25) is 19.0 Å². The van der Waals surface area contributed by atoms with E-state index in [1.807, 2.05) is 81.4 Å². The number of para-hydroxylation sites is 1. The Bertz CT molecular complexity index is 2140. The molecule has 44 heavy (non-hydrogen) atoms. The predicted molar refractivity (Wildman–Crippen MR) is 175 cm³/mol. The van der Waals surface area contributed by atoms with E-state index in [4.69, 9.17) is 11.6 Å². The Hall–Kier alpha value is -5.28. The highest BCUT2D eigenvalue weighted by molar-refractivity contribution is 6.36. The number of pyridine rings is 2. The van der Waals surface area contributed by atoms with Gasteiger partial charge in [0.1, 0.15) is 23.2 Å². The molecule has 220 valence electrons. The van der Waals surface area contributed by atoms with Crippen molar-refractivity contribution in [3.8, 4) is 16.8 Å². The maximum atomic E-state index is 14.5. The molecule has 0 saturated carbocycles. The molecule has 9 nitrogen and oxygen atoms in total. The van der Waals surface area contributed by atoms with Crippen LogP contribution in [0.4, 0.5) is 5.82 Å². The minimum absolute atomic E-state index is 0.0127. The van der Waals surface area contributed by atoms with Crippen molar-refractivity contribution in [2.24, 2.45) is 0 Å². The molecule has 0 fully saturated rings. The molecule has 6 rings (SSSR count). The van der Waals surface area contributed by atoms with Gasteiger partial charge < -0.3 is 15.6 Å². The average molecular weight is 605 g/mol. The van der Waals surface area contributed by atoms with Crippen LogP contribution in [0.25, 0.3) is 38.6 Å². The van der Waals surface area contributed by atoms with Crippen molar-refractivity contribution in [1.82, 2.24) is 24.8 Å².